The molecule has 0 atom stereocenters. The van der Waals surface area contributed by atoms with E-state index >= 15 is 0 Å². The van der Waals surface area contributed by atoms with Crippen LogP contribution in [0.25, 0.3) is 11.3 Å². The summed E-state index contributed by atoms with van der Waals surface area (Å²) in [5, 5.41) is 6.36. The first-order valence-corrected chi connectivity index (χ1v) is 7.90. The molecule has 0 bridgehead atoms. The molecule has 0 fully saturated rings. The maximum Gasteiger partial charge on any atom is 0.416 e. The molecule has 0 aliphatic carbocycles. The Morgan fingerprint density at radius 3 is 2.54 bits per heavy atom. The number of amides is 1. The van der Waals surface area contributed by atoms with Crippen molar-refractivity contribution in [1.82, 2.24) is 10.5 Å². The highest BCUT2D eigenvalue weighted by molar-refractivity contribution is 5.93. The molecule has 0 aliphatic heterocycles. The largest absolute Gasteiger partial charge is 0.416 e. The number of nitrogens with zero attached hydrogens (tertiary/aromatic N) is 1. The summed E-state index contributed by atoms with van der Waals surface area (Å²) in [5.41, 5.74) is 0.700. The van der Waals surface area contributed by atoms with Crippen LogP contribution in [0.5, 0.6) is 0 Å². The molecule has 4 nitrogen and oxygen atoms in total. The number of nitrogens with one attached hydrogen (secondary N) is 1. The Bertz CT molecular complexity index is 889. The predicted octanol–water partition coefficient (Wildman–Crippen LogP) is 4.33. The van der Waals surface area contributed by atoms with Gasteiger partial charge < -0.3 is 9.84 Å². The lowest BCUT2D eigenvalue weighted by molar-refractivity contribution is -0.137. The number of carbonyl (C=O) groups is 1. The first-order chi connectivity index (χ1) is 12.4. The third kappa shape index (κ3) is 4.30. The van der Waals surface area contributed by atoms with E-state index in [4.69, 9.17) is 4.52 Å². The van der Waals surface area contributed by atoms with Crippen LogP contribution in [0.15, 0.2) is 65.2 Å². The number of halogens is 3. The highest BCUT2D eigenvalue weighted by atomic mass is 19.4. The molecule has 1 aromatic heterocycles. The monoisotopic (exact) mass is 360 g/mol. The third-order valence-electron chi connectivity index (χ3n) is 3.75. The second kappa shape index (κ2) is 7.43. The van der Waals surface area contributed by atoms with Gasteiger partial charge in [0.2, 0.25) is 0 Å². The molecule has 134 valence electrons. The van der Waals surface area contributed by atoms with Gasteiger partial charge >= 0.3 is 6.18 Å². The van der Waals surface area contributed by atoms with Crippen molar-refractivity contribution in [2.45, 2.75) is 12.6 Å². The highest BCUT2D eigenvalue weighted by Gasteiger charge is 2.30. The molecule has 7 heteroatoms. The van der Waals surface area contributed by atoms with Gasteiger partial charge in [0.15, 0.2) is 11.5 Å². The number of rotatable bonds is 5. The topological polar surface area (TPSA) is 55.1 Å². The Balaban J connectivity index is 1.58. The van der Waals surface area contributed by atoms with Crippen LogP contribution in [0.1, 0.15) is 21.6 Å². The van der Waals surface area contributed by atoms with Crippen LogP contribution in [0.3, 0.4) is 0 Å². The fraction of sp³-hybridized carbons (Fsp3) is 0.158. The fourth-order valence-corrected chi connectivity index (χ4v) is 2.43. The summed E-state index contributed by atoms with van der Waals surface area (Å²) in [6, 6.07) is 15.8. The van der Waals surface area contributed by atoms with E-state index in [2.05, 4.69) is 10.5 Å². The number of carbonyl (C=O) groups excluding carboxylic acids is 1. The van der Waals surface area contributed by atoms with Crippen LogP contribution in [-0.4, -0.2) is 17.6 Å². The Hall–Kier alpha value is -3.09. The molecule has 3 aromatic rings. The van der Waals surface area contributed by atoms with Crippen LogP contribution >= 0.6 is 0 Å². The van der Waals surface area contributed by atoms with Gasteiger partial charge in [-0.05, 0) is 18.1 Å². The van der Waals surface area contributed by atoms with Crippen LogP contribution in [0.4, 0.5) is 13.2 Å². The lowest BCUT2D eigenvalue weighted by Crippen LogP contribution is -2.26. The van der Waals surface area contributed by atoms with Crippen molar-refractivity contribution < 1.29 is 22.5 Å². The van der Waals surface area contributed by atoms with Crippen molar-refractivity contribution in [3.63, 3.8) is 0 Å². The SMILES string of the molecule is O=C(NCCc1cccc(C(F)(F)F)c1)c1cc(-c2ccccc2)on1. The maximum absolute atomic E-state index is 12.7. The second-order valence-electron chi connectivity index (χ2n) is 5.65. The molecule has 3 rings (SSSR count). The van der Waals surface area contributed by atoms with Gasteiger partial charge in [-0.25, -0.2) is 0 Å². The quantitative estimate of drug-likeness (QED) is 0.737. The molecule has 1 N–H and O–H groups in total. The molecule has 1 amide bonds. The van der Waals surface area contributed by atoms with Crippen molar-refractivity contribution >= 4 is 5.91 Å². The lowest BCUT2D eigenvalue weighted by atomic mass is 10.1. The first-order valence-electron chi connectivity index (χ1n) is 7.90. The minimum atomic E-state index is -4.38. The predicted molar refractivity (Wildman–Crippen MR) is 89.4 cm³/mol. The Kier molecular flexibility index (Phi) is 5.06. The highest BCUT2D eigenvalue weighted by Crippen LogP contribution is 2.29. The van der Waals surface area contributed by atoms with Gasteiger partial charge in [0, 0.05) is 18.2 Å². The van der Waals surface area contributed by atoms with Crippen LogP contribution < -0.4 is 5.32 Å². The molecular weight excluding hydrogens is 345 g/mol. The first kappa shape index (κ1) is 17.7. The zero-order chi connectivity index (χ0) is 18.6. The summed E-state index contributed by atoms with van der Waals surface area (Å²) >= 11 is 0. The Morgan fingerprint density at radius 2 is 1.81 bits per heavy atom. The second-order valence-corrected chi connectivity index (χ2v) is 5.65. The van der Waals surface area contributed by atoms with E-state index in [-0.39, 0.29) is 18.7 Å². The van der Waals surface area contributed by atoms with Gasteiger partial charge in [-0.2, -0.15) is 13.2 Å². The molecule has 2 aromatic carbocycles. The van der Waals surface area contributed by atoms with Crippen molar-refractivity contribution in [2.24, 2.45) is 0 Å². The summed E-state index contributed by atoms with van der Waals surface area (Å²) in [7, 11) is 0. The standard InChI is InChI=1S/C19H15F3N2O2/c20-19(21,22)15-8-4-5-13(11-15)9-10-23-18(25)16-12-17(26-24-16)14-6-2-1-3-7-14/h1-8,11-12H,9-10H2,(H,23,25). The molecule has 0 saturated carbocycles. The third-order valence-corrected chi connectivity index (χ3v) is 3.75. The van der Waals surface area contributed by atoms with Crippen molar-refractivity contribution in [3.8, 4) is 11.3 Å². The summed E-state index contributed by atoms with van der Waals surface area (Å²) in [6.07, 6.45) is -4.10. The van der Waals surface area contributed by atoms with E-state index in [0.717, 1.165) is 17.7 Å². The van der Waals surface area contributed by atoms with Crippen LogP contribution in [0.2, 0.25) is 0 Å². The van der Waals surface area contributed by atoms with Gasteiger partial charge in [-0.15, -0.1) is 0 Å². The molecule has 0 radical (unpaired) electrons. The van der Waals surface area contributed by atoms with E-state index in [1.54, 1.807) is 6.07 Å². The zero-order valence-corrected chi connectivity index (χ0v) is 13.6. The van der Waals surface area contributed by atoms with Gasteiger partial charge in [-0.1, -0.05) is 53.7 Å². The number of benzene rings is 2. The molecular formula is C19H15F3N2O2. The molecule has 26 heavy (non-hydrogen) atoms. The number of alkyl halides is 3. The average molecular weight is 360 g/mol. The van der Waals surface area contributed by atoms with E-state index in [9.17, 15) is 18.0 Å². The molecule has 0 saturated heterocycles. The van der Waals surface area contributed by atoms with E-state index in [1.165, 1.54) is 12.1 Å². The normalized spacial score (nSPS) is 11.3. The van der Waals surface area contributed by atoms with E-state index in [1.807, 2.05) is 30.3 Å². The summed E-state index contributed by atoms with van der Waals surface area (Å²) < 4.78 is 43.2. The van der Waals surface area contributed by atoms with Crippen LogP contribution in [-0.2, 0) is 12.6 Å². The number of aromatic nitrogens is 1. The van der Waals surface area contributed by atoms with Crippen molar-refractivity contribution in [3.05, 3.63) is 77.5 Å². The number of hydrogen-bond acceptors (Lipinski definition) is 3. The van der Waals surface area contributed by atoms with Gasteiger partial charge in [0.1, 0.15) is 0 Å². The smallest absolute Gasteiger partial charge is 0.355 e. The molecule has 1 heterocycles. The van der Waals surface area contributed by atoms with E-state index < -0.39 is 17.6 Å². The summed E-state index contributed by atoms with van der Waals surface area (Å²) in [4.78, 5) is 12.1. The molecule has 0 aliphatic rings. The minimum absolute atomic E-state index is 0.118. The molecule has 0 unspecified atom stereocenters. The summed E-state index contributed by atoms with van der Waals surface area (Å²) in [5.74, 6) is 0.0246. The van der Waals surface area contributed by atoms with Gasteiger partial charge in [-0.3, -0.25) is 4.79 Å². The Labute approximate surface area is 147 Å². The Morgan fingerprint density at radius 1 is 1.04 bits per heavy atom. The van der Waals surface area contributed by atoms with Gasteiger partial charge in [0.25, 0.3) is 5.91 Å². The number of hydrogen-bond donors (Lipinski definition) is 1. The average Bonchev–Trinajstić information content (AvgIpc) is 3.12. The van der Waals surface area contributed by atoms with Crippen molar-refractivity contribution in [2.75, 3.05) is 6.54 Å². The zero-order valence-electron chi connectivity index (χ0n) is 13.6. The lowest BCUT2D eigenvalue weighted by Gasteiger charge is -2.09. The molecule has 0 spiro atoms. The van der Waals surface area contributed by atoms with Gasteiger partial charge in [0.05, 0.1) is 5.56 Å². The minimum Gasteiger partial charge on any atom is -0.355 e. The van der Waals surface area contributed by atoms with Crippen molar-refractivity contribution in [1.29, 1.82) is 0 Å². The van der Waals surface area contributed by atoms with E-state index in [0.29, 0.717) is 11.3 Å². The maximum atomic E-state index is 12.7. The van der Waals surface area contributed by atoms with Crippen LogP contribution in [0, 0.1) is 0 Å². The fourth-order valence-electron chi connectivity index (χ4n) is 2.43. The summed E-state index contributed by atoms with van der Waals surface area (Å²) in [6.45, 7) is 0.188.